The highest BCUT2D eigenvalue weighted by molar-refractivity contribution is 6.01. The maximum absolute atomic E-state index is 17.7. The van der Waals surface area contributed by atoms with Gasteiger partial charge in [-0.3, -0.25) is 52.7 Å². The van der Waals surface area contributed by atoms with E-state index in [4.69, 9.17) is 21.9 Å². The third kappa shape index (κ3) is 15.5. The molecule has 6 rings (SSSR count). The molecule has 1 heterocycles. The first-order valence-corrected chi connectivity index (χ1v) is 30.4. The molecule has 0 aromatic heterocycles. The van der Waals surface area contributed by atoms with Crippen LogP contribution in [0.25, 0.3) is 0 Å². The summed E-state index contributed by atoms with van der Waals surface area (Å²) >= 11 is 0. The highest BCUT2D eigenvalue weighted by atomic mass is 19.1. The van der Waals surface area contributed by atoms with Crippen LogP contribution in [-0.4, -0.2) is 179 Å². The Hall–Kier alpha value is -7.04. The fourth-order valence-electron chi connectivity index (χ4n) is 13.8. The molecular formula is C61H90FN11O15. The molecule has 17 N–H and O–H groups in total. The quantitative estimate of drug-likeness (QED) is 0.0697. The first-order chi connectivity index (χ1) is 41.5. The fourth-order valence-corrected chi connectivity index (χ4v) is 13.8. The molecule has 0 bridgehead atoms. The molecule has 0 radical (unpaired) electrons. The number of nitrogens with two attached hydrogens (primary N) is 3. The van der Waals surface area contributed by atoms with E-state index in [1.165, 1.54) is 25.2 Å². The van der Waals surface area contributed by atoms with Crippen LogP contribution in [0.15, 0.2) is 54.1 Å². The molecule has 0 unspecified atom stereocenters. The third-order valence-corrected chi connectivity index (χ3v) is 18.5. The number of aliphatic hydroxyl groups is 3. The number of Topliss-reactive ketones (excluding diaryl/α,β-unsaturated/α-hetero) is 1. The van der Waals surface area contributed by atoms with E-state index in [0.29, 0.717) is 17.6 Å². The summed E-state index contributed by atoms with van der Waals surface area (Å²) in [7, 11) is 0. The maximum atomic E-state index is 17.7. The van der Waals surface area contributed by atoms with Gasteiger partial charge in [0, 0.05) is 36.1 Å². The van der Waals surface area contributed by atoms with Crippen molar-refractivity contribution in [1.29, 1.82) is 0 Å². The summed E-state index contributed by atoms with van der Waals surface area (Å²) in [6, 6.07) is -1.65. The number of nitrogens with one attached hydrogen (secondary N) is 8. The summed E-state index contributed by atoms with van der Waals surface area (Å²) in [6.07, 6.45) is -0.804. The van der Waals surface area contributed by atoms with Gasteiger partial charge in [0.05, 0.1) is 18.6 Å². The standard InChI is InChI=1S/C61H90FN11O15/c1-32(2)26-44-55(84)70-40(17-22-63)51(80)69-42(19-24-65)54(83)73-50(34(4)74)57(86)66-25-20-43(53(82)68-41(18-23-64)52(81)72-45(56(85)71-44)28-35-10-8-7-9-11-35)67-48(78)14-15-49(79)88-31-47(77)61(87)33(3)27-39-38-13-12-36-29-37(75)16-21-58(36,5)60(38,62)46(76)30-59(39,61)6/h7-11,16,21,29,32-34,38-46,50,74,76,87H,12-15,17-20,22-28,30-31,63-65H2,1-6H3,(H,66,86)(H,67,78)(H,68,82)(H,69,80)(H,70,84)(H,71,85)(H,72,81)(H,73,83)/t33-,34-,38+,39+,40+,41+,42+,43+,44+,45-,46+,50+,58+,59+,60+,61+/m1/s1. The predicted molar refractivity (Wildman–Crippen MR) is 316 cm³/mol. The highest BCUT2D eigenvalue weighted by Gasteiger charge is 2.75. The van der Waals surface area contributed by atoms with Gasteiger partial charge >= 0.3 is 5.97 Å². The summed E-state index contributed by atoms with van der Waals surface area (Å²) < 4.78 is 23.1. The van der Waals surface area contributed by atoms with Crippen molar-refractivity contribution in [3.05, 3.63) is 59.7 Å². The Balaban J connectivity index is 1.21. The molecule has 4 fully saturated rings. The average Bonchev–Trinajstić information content (AvgIpc) is 1.33. The molecule has 0 spiro atoms. The minimum absolute atomic E-state index is 0.0477. The number of rotatable bonds is 18. The predicted octanol–water partition coefficient (Wildman–Crippen LogP) is -2.14. The Labute approximate surface area is 511 Å². The summed E-state index contributed by atoms with van der Waals surface area (Å²) in [4.78, 5) is 152. The van der Waals surface area contributed by atoms with Crippen LogP contribution in [0.4, 0.5) is 4.39 Å². The van der Waals surface area contributed by atoms with Crippen LogP contribution >= 0.6 is 0 Å². The van der Waals surface area contributed by atoms with Crippen LogP contribution in [0.2, 0.25) is 0 Å². The number of ether oxygens (including phenoxy) is 1. The SMILES string of the molecule is CC(C)C[C@@H]1NC(=O)[C@@H](Cc2ccccc2)NC(=O)[C@H](CCN)NC(=O)[C@@H](NC(=O)CCC(=O)OCC(=O)[C@@]2(O)[C@H](C)C[C@H]3[C@@H]4CCC5=CC(=O)C=C[C@]5(C)[C@@]4(F)[C@@H](O)C[C@@]32C)CCNC(=O)[C@H]([C@@H](C)O)NC(=O)[C@H](CCN)NC(=O)[C@H](CCN)NC1=O. The zero-order chi connectivity index (χ0) is 65.1. The van der Waals surface area contributed by atoms with E-state index in [0.717, 1.165) is 0 Å². The van der Waals surface area contributed by atoms with E-state index in [1.54, 1.807) is 65.0 Å². The van der Waals surface area contributed by atoms with E-state index in [-0.39, 0.29) is 82.7 Å². The van der Waals surface area contributed by atoms with Gasteiger partial charge in [0.1, 0.15) is 47.9 Å². The molecule has 1 aromatic rings. The van der Waals surface area contributed by atoms with Crippen molar-refractivity contribution in [1.82, 2.24) is 42.5 Å². The van der Waals surface area contributed by atoms with E-state index in [2.05, 4.69) is 42.5 Å². The van der Waals surface area contributed by atoms with E-state index < -0.39 is 186 Å². The Morgan fingerprint density at radius 2 is 1.28 bits per heavy atom. The normalized spacial score (nSPS) is 33.9. The Morgan fingerprint density at radius 3 is 1.86 bits per heavy atom. The van der Waals surface area contributed by atoms with Gasteiger partial charge in [0.15, 0.2) is 18.1 Å². The van der Waals surface area contributed by atoms with Crippen LogP contribution in [0.1, 0.15) is 118 Å². The van der Waals surface area contributed by atoms with Gasteiger partial charge in [-0.25, -0.2) is 4.39 Å². The summed E-state index contributed by atoms with van der Waals surface area (Å²) in [5, 5.41) is 55.4. The molecule has 26 nitrogen and oxygen atoms in total. The van der Waals surface area contributed by atoms with Crippen LogP contribution in [-0.2, 0) is 63.9 Å². The average molecular weight is 1240 g/mol. The maximum Gasteiger partial charge on any atom is 0.306 e. The van der Waals surface area contributed by atoms with Crippen molar-refractivity contribution in [3.8, 4) is 0 Å². The number of amides is 8. The molecule has 3 saturated carbocycles. The first-order valence-electron chi connectivity index (χ1n) is 30.4. The van der Waals surface area contributed by atoms with Crippen molar-refractivity contribution >= 4 is 64.8 Å². The lowest BCUT2D eigenvalue weighted by Gasteiger charge is -2.62. The number of allylic oxidation sites excluding steroid dienone is 4. The number of esters is 1. The molecule has 1 aliphatic heterocycles. The summed E-state index contributed by atoms with van der Waals surface area (Å²) in [6.45, 7) is 7.88. The van der Waals surface area contributed by atoms with E-state index in [9.17, 15) is 68.1 Å². The monoisotopic (exact) mass is 1240 g/mol. The summed E-state index contributed by atoms with van der Waals surface area (Å²) in [5.41, 5.74) is 11.7. The van der Waals surface area contributed by atoms with Crippen molar-refractivity contribution in [2.75, 3.05) is 32.8 Å². The zero-order valence-corrected chi connectivity index (χ0v) is 51.0. The van der Waals surface area contributed by atoms with Gasteiger partial charge in [0.2, 0.25) is 53.0 Å². The number of benzene rings is 1. The molecule has 8 amide bonds. The third-order valence-electron chi connectivity index (χ3n) is 18.5. The molecule has 88 heavy (non-hydrogen) atoms. The van der Waals surface area contributed by atoms with Gasteiger partial charge in [-0.2, -0.15) is 0 Å². The number of halogens is 1. The number of hydrogen-bond donors (Lipinski definition) is 14. The number of alkyl halides is 1. The Bertz CT molecular complexity index is 2840. The minimum Gasteiger partial charge on any atom is -0.458 e. The van der Waals surface area contributed by atoms with Gasteiger partial charge in [-0.15, -0.1) is 0 Å². The van der Waals surface area contributed by atoms with Crippen LogP contribution in [0.5, 0.6) is 0 Å². The van der Waals surface area contributed by atoms with Crippen LogP contribution in [0.3, 0.4) is 0 Å². The van der Waals surface area contributed by atoms with E-state index in [1.807, 2.05) is 0 Å². The van der Waals surface area contributed by atoms with Crippen molar-refractivity contribution in [3.63, 3.8) is 0 Å². The number of ketones is 2. The fraction of sp³-hybridized carbons (Fsp3) is 0.656. The Morgan fingerprint density at radius 1 is 0.739 bits per heavy atom. The highest BCUT2D eigenvalue weighted by Crippen LogP contribution is 2.70. The smallest absolute Gasteiger partial charge is 0.306 e. The first kappa shape index (κ1) is 70.1. The van der Waals surface area contributed by atoms with Gasteiger partial charge < -0.3 is 79.8 Å². The second-order valence-corrected chi connectivity index (χ2v) is 25.0. The van der Waals surface area contributed by atoms with E-state index >= 15 is 4.39 Å². The largest absolute Gasteiger partial charge is 0.458 e. The second kappa shape index (κ2) is 30.0. The molecule has 4 aliphatic carbocycles. The molecule has 27 heteroatoms. The lowest BCUT2D eigenvalue weighted by atomic mass is 9.44. The molecule has 486 valence electrons. The molecule has 16 atom stereocenters. The summed E-state index contributed by atoms with van der Waals surface area (Å²) in [5.74, 6) is -11.8. The number of carbonyl (C=O) groups is 11. The number of fused-ring (bicyclic) bond motifs is 5. The number of hydrogen-bond acceptors (Lipinski definition) is 18. The van der Waals surface area contributed by atoms with Crippen LogP contribution < -0.4 is 59.7 Å². The van der Waals surface area contributed by atoms with Gasteiger partial charge in [0.25, 0.3) is 0 Å². The van der Waals surface area contributed by atoms with Gasteiger partial charge in [-0.1, -0.05) is 69.7 Å². The minimum atomic E-state index is -2.23. The molecular weight excluding hydrogens is 1150 g/mol. The van der Waals surface area contributed by atoms with Crippen molar-refractivity contribution < 1.29 is 77.2 Å². The van der Waals surface area contributed by atoms with Crippen molar-refractivity contribution in [2.24, 2.45) is 51.7 Å². The number of aliphatic hydroxyl groups excluding tert-OH is 2. The lowest BCUT2D eigenvalue weighted by molar-refractivity contribution is -0.220. The molecule has 1 aromatic carbocycles. The van der Waals surface area contributed by atoms with Crippen molar-refractivity contribution in [2.45, 2.75) is 184 Å². The zero-order valence-electron chi connectivity index (χ0n) is 51.0. The van der Waals surface area contributed by atoms with Crippen LogP contribution in [0, 0.1) is 34.5 Å². The molecule has 5 aliphatic rings. The van der Waals surface area contributed by atoms with Gasteiger partial charge in [-0.05, 0) is 127 Å². The lowest BCUT2D eigenvalue weighted by Crippen LogP contribution is -2.69. The second-order valence-electron chi connectivity index (χ2n) is 25.0. The molecule has 1 saturated heterocycles. The Kier molecular flexibility index (Phi) is 23.9. The number of carbonyl (C=O) groups excluding carboxylic acids is 11. The topological polar surface area (TPSA) is 432 Å².